The van der Waals surface area contributed by atoms with Gasteiger partial charge in [0.05, 0.1) is 43.8 Å². The van der Waals surface area contributed by atoms with E-state index in [1.807, 2.05) is 0 Å². The lowest BCUT2D eigenvalue weighted by Gasteiger charge is -2.27. The van der Waals surface area contributed by atoms with Crippen LogP contribution in [0.5, 0.6) is 5.75 Å². The molecule has 2 heterocycles. The quantitative estimate of drug-likeness (QED) is 0.651. The van der Waals surface area contributed by atoms with Crippen molar-refractivity contribution in [2.24, 2.45) is 0 Å². The zero-order valence-corrected chi connectivity index (χ0v) is 18.1. The van der Waals surface area contributed by atoms with E-state index >= 15 is 0 Å². The average Bonchev–Trinajstić information content (AvgIpc) is 2.94. The summed E-state index contributed by atoms with van der Waals surface area (Å²) < 4.78 is 61.3. The first-order valence-corrected chi connectivity index (χ1v) is 12.6. The molecule has 2 aliphatic heterocycles. The van der Waals surface area contributed by atoms with Crippen LogP contribution in [0.3, 0.4) is 0 Å². The number of ether oxygens (including phenoxy) is 2. The third kappa shape index (κ3) is 5.08. The number of rotatable bonds is 6. The number of amides is 1. The number of benzene rings is 1. The number of carbonyl (C=O) groups excluding carboxylic acids is 1. The van der Waals surface area contributed by atoms with E-state index in [1.54, 1.807) is 13.0 Å². The minimum absolute atomic E-state index is 0.00172. The van der Waals surface area contributed by atoms with Crippen LogP contribution in [0.15, 0.2) is 23.1 Å². The number of methoxy groups -OCH3 is 1. The van der Waals surface area contributed by atoms with Crippen molar-refractivity contribution in [1.29, 1.82) is 0 Å². The zero-order valence-electron chi connectivity index (χ0n) is 16.5. The lowest BCUT2D eigenvalue weighted by molar-refractivity contribution is -0.121. The van der Waals surface area contributed by atoms with Gasteiger partial charge in [-0.05, 0) is 31.0 Å². The van der Waals surface area contributed by atoms with Crippen LogP contribution in [-0.2, 0) is 35.8 Å². The van der Waals surface area contributed by atoms with Gasteiger partial charge < -0.3 is 14.8 Å². The number of carbonyl (C=O) groups is 1. The molecule has 162 valence electrons. The lowest BCUT2D eigenvalue weighted by Crippen LogP contribution is -2.47. The average molecular weight is 447 g/mol. The molecule has 29 heavy (non-hydrogen) atoms. The van der Waals surface area contributed by atoms with Crippen LogP contribution in [0, 0.1) is 0 Å². The van der Waals surface area contributed by atoms with Gasteiger partial charge in [-0.2, -0.15) is 4.31 Å². The highest BCUT2D eigenvalue weighted by Gasteiger charge is 2.39. The van der Waals surface area contributed by atoms with Crippen LogP contribution in [0.4, 0.5) is 0 Å². The van der Waals surface area contributed by atoms with E-state index in [9.17, 15) is 21.6 Å². The summed E-state index contributed by atoms with van der Waals surface area (Å²) in [5.74, 6) is -0.196. The number of nitrogens with zero attached hydrogens (tertiary/aromatic N) is 1. The fourth-order valence-electron chi connectivity index (χ4n) is 3.63. The van der Waals surface area contributed by atoms with Gasteiger partial charge in [-0.15, -0.1) is 0 Å². The Morgan fingerprint density at radius 1 is 1.31 bits per heavy atom. The zero-order chi connectivity index (χ0) is 21.3. The molecule has 0 spiro atoms. The number of morpholine rings is 1. The molecule has 11 heteroatoms. The Morgan fingerprint density at radius 2 is 2.00 bits per heavy atom. The first-order valence-electron chi connectivity index (χ1n) is 9.31. The third-order valence-corrected chi connectivity index (χ3v) is 8.95. The van der Waals surface area contributed by atoms with E-state index in [4.69, 9.17) is 9.47 Å². The van der Waals surface area contributed by atoms with Crippen LogP contribution >= 0.6 is 0 Å². The second-order valence-corrected chi connectivity index (χ2v) is 11.7. The van der Waals surface area contributed by atoms with Crippen molar-refractivity contribution in [2.75, 3.05) is 44.9 Å². The molecular weight excluding hydrogens is 420 g/mol. The molecule has 1 aromatic carbocycles. The number of hydrogen-bond acceptors (Lipinski definition) is 7. The molecule has 0 aliphatic carbocycles. The third-order valence-electron chi connectivity index (χ3n) is 5.13. The summed E-state index contributed by atoms with van der Waals surface area (Å²) in [7, 11) is -5.55. The Balaban J connectivity index is 1.79. The second kappa shape index (κ2) is 8.21. The van der Waals surface area contributed by atoms with Crippen LogP contribution in [0.2, 0.25) is 0 Å². The molecule has 0 aromatic heterocycles. The van der Waals surface area contributed by atoms with Gasteiger partial charge in [0.1, 0.15) is 10.6 Å². The number of sulfonamides is 1. The van der Waals surface area contributed by atoms with E-state index in [2.05, 4.69) is 5.32 Å². The summed E-state index contributed by atoms with van der Waals surface area (Å²) in [6.45, 7) is 2.86. The van der Waals surface area contributed by atoms with Gasteiger partial charge in [-0.3, -0.25) is 4.79 Å². The topological polar surface area (TPSA) is 119 Å². The van der Waals surface area contributed by atoms with E-state index in [-0.39, 0.29) is 47.6 Å². The van der Waals surface area contributed by atoms with Crippen molar-refractivity contribution in [2.45, 2.75) is 30.2 Å². The van der Waals surface area contributed by atoms with Crippen LogP contribution in [-0.4, -0.2) is 77.5 Å². The van der Waals surface area contributed by atoms with Gasteiger partial charge in [0.15, 0.2) is 9.84 Å². The van der Waals surface area contributed by atoms with Gasteiger partial charge in [0, 0.05) is 13.1 Å². The van der Waals surface area contributed by atoms with Gasteiger partial charge in [-0.25, -0.2) is 16.8 Å². The predicted molar refractivity (Wildman–Crippen MR) is 106 cm³/mol. The molecule has 0 radical (unpaired) electrons. The first-order chi connectivity index (χ1) is 13.5. The number of sulfone groups is 1. The number of nitrogens with one attached hydrogen (secondary N) is 1. The van der Waals surface area contributed by atoms with Crippen molar-refractivity contribution in [3.63, 3.8) is 0 Å². The molecule has 2 fully saturated rings. The van der Waals surface area contributed by atoms with Gasteiger partial charge in [0.25, 0.3) is 0 Å². The summed E-state index contributed by atoms with van der Waals surface area (Å²) in [5.41, 5.74) is -0.301. The minimum Gasteiger partial charge on any atom is -0.495 e. The summed E-state index contributed by atoms with van der Waals surface area (Å²) in [6.07, 6.45) is 0.297. The van der Waals surface area contributed by atoms with E-state index < -0.39 is 25.4 Å². The molecule has 0 saturated carbocycles. The van der Waals surface area contributed by atoms with Crippen LogP contribution in [0.25, 0.3) is 0 Å². The SMILES string of the molecule is COc1ccc(CC(=O)N[C@]2(C)CCS(=O)(=O)C2)cc1S(=O)(=O)N1CCOCC1. The highest BCUT2D eigenvalue weighted by atomic mass is 32.2. The lowest BCUT2D eigenvalue weighted by atomic mass is 10.0. The highest BCUT2D eigenvalue weighted by molar-refractivity contribution is 7.91. The fraction of sp³-hybridized carbons (Fsp3) is 0.611. The van der Waals surface area contributed by atoms with Crippen LogP contribution < -0.4 is 10.1 Å². The Hall–Kier alpha value is -1.69. The normalized spacial score (nSPS) is 24.9. The summed E-state index contributed by atoms with van der Waals surface area (Å²) in [4.78, 5) is 12.5. The second-order valence-electron chi connectivity index (χ2n) is 7.63. The molecule has 2 saturated heterocycles. The summed E-state index contributed by atoms with van der Waals surface area (Å²) in [6, 6.07) is 4.60. The maximum Gasteiger partial charge on any atom is 0.246 e. The fourth-order valence-corrected chi connectivity index (χ4v) is 7.34. The monoisotopic (exact) mass is 446 g/mol. The molecule has 0 bridgehead atoms. The molecule has 1 amide bonds. The van der Waals surface area contributed by atoms with Crippen LogP contribution in [0.1, 0.15) is 18.9 Å². The summed E-state index contributed by atoms with van der Waals surface area (Å²) >= 11 is 0. The standard InChI is InChI=1S/C18H26N2O7S2/c1-18(5-10-28(22,23)13-18)19-17(21)12-14-3-4-15(26-2)16(11-14)29(24,25)20-6-8-27-9-7-20/h3-4,11H,5-10,12-13H2,1-2H3,(H,19,21)/t18-/m1/s1. The van der Waals surface area contributed by atoms with E-state index in [0.717, 1.165) is 0 Å². The molecule has 0 unspecified atom stereocenters. The maximum atomic E-state index is 13.0. The Labute approximate surface area is 171 Å². The molecule has 1 atom stereocenters. The van der Waals surface area contributed by atoms with Crippen molar-refractivity contribution in [3.8, 4) is 5.75 Å². The molecule has 9 nitrogen and oxygen atoms in total. The van der Waals surface area contributed by atoms with Gasteiger partial charge >= 0.3 is 0 Å². The Bertz CT molecular complexity index is 985. The maximum absolute atomic E-state index is 13.0. The molecular formula is C18H26N2O7S2. The molecule has 2 aliphatic rings. The molecule has 1 N–H and O–H groups in total. The van der Waals surface area contributed by atoms with E-state index in [0.29, 0.717) is 25.2 Å². The highest BCUT2D eigenvalue weighted by Crippen LogP contribution is 2.29. The van der Waals surface area contributed by atoms with Gasteiger partial charge in [-0.1, -0.05) is 6.07 Å². The number of hydrogen-bond donors (Lipinski definition) is 1. The summed E-state index contributed by atoms with van der Waals surface area (Å²) in [5, 5.41) is 2.78. The molecule has 3 rings (SSSR count). The Kier molecular flexibility index (Phi) is 6.23. The van der Waals surface area contributed by atoms with Crippen molar-refractivity contribution in [3.05, 3.63) is 23.8 Å². The first kappa shape index (κ1) is 22.0. The Morgan fingerprint density at radius 3 is 2.59 bits per heavy atom. The van der Waals surface area contributed by atoms with Crippen molar-refractivity contribution in [1.82, 2.24) is 9.62 Å². The smallest absolute Gasteiger partial charge is 0.246 e. The van der Waals surface area contributed by atoms with Crippen molar-refractivity contribution >= 4 is 25.8 Å². The van der Waals surface area contributed by atoms with Gasteiger partial charge in [0.2, 0.25) is 15.9 Å². The largest absolute Gasteiger partial charge is 0.495 e. The minimum atomic E-state index is -3.80. The molecule has 1 aromatic rings. The predicted octanol–water partition coefficient (Wildman–Crippen LogP) is -0.0480. The van der Waals surface area contributed by atoms with Crippen molar-refractivity contribution < 1.29 is 31.1 Å². The van der Waals surface area contributed by atoms with E-state index in [1.165, 1.54) is 23.5 Å².